The number of thiazole rings is 1. The minimum absolute atomic E-state index is 0.0180. The first-order chi connectivity index (χ1) is 33.5. The second-order valence-corrected chi connectivity index (χ2v) is 22.9. The van der Waals surface area contributed by atoms with Gasteiger partial charge in [-0.3, -0.25) is 24.1 Å². The molecule has 5 atom stereocenters. The highest BCUT2D eigenvalue weighted by Crippen LogP contribution is 2.55. The third-order valence-electron chi connectivity index (χ3n) is 14.4. The lowest BCUT2D eigenvalue weighted by molar-refractivity contribution is -0.164. The average molecular weight is 1010 g/mol. The number of piperazine rings is 1. The van der Waals surface area contributed by atoms with Crippen molar-refractivity contribution in [1.82, 2.24) is 30.7 Å². The third kappa shape index (κ3) is 12.0. The zero-order valence-electron chi connectivity index (χ0n) is 42.5. The van der Waals surface area contributed by atoms with E-state index in [1.807, 2.05) is 95.6 Å². The van der Waals surface area contributed by atoms with Crippen molar-refractivity contribution in [3.63, 3.8) is 0 Å². The van der Waals surface area contributed by atoms with Crippen LogP contribution >= 0.6 is 22.9 Å². The smallest absolute Gasteiger partial charge is 0.251 e. The van der Waals surface area contributed by atoms with Crippen LogP contribution in [0.25, 0.3) is 10.4 Å². The Labute approximate surface area is 427 Å². The summed E-state index contributed by atoms with van der Waals surface area (Å²) in [7, 11) is 0. The number of aryl methyl sites for hydroxylation is 1. The lowest BCUT2D eigenvalue weighted by atomic mass is 9.49. The summed E-state index contributed by atoms with van der Waals surface area (Å²) >= 11 is 7.84. The molecule has 0 radical (unpaired) electrons. The number of rotatable bonds is 16. The fourth-order valence-electron chi connectivity index (χ4n) is 10.7. The third-order valence-corrected chi connectivity index (χ3v) is 15.7. The van der Waals surface area contributed by atoms with Crippen LogP contribution in [0.3, 0.4) is 0 Å². The number of ether oxygens (including phenoxy) is 2. The van der Waals surface area contributed by atoms with Gasteiger partial charge in [0.05, 0.1) is 44.9 Å². The molecule has 7 rings (SSSR count). The Morgan fingerprint density at radius 1 is 0.958 bits per heavy atom. The SMILES string of the molecule is Cc1ncsc1-c1ccc(C(C)NC(=O)[C@@H]2C[C@@H](O)CN2C(=O)[C@@H](NC(=O)COC(C)CN2CCN(c3ccc(C(=O)NC4C(C)(C)C(Oc5ccc(C#N)c(Cl)c5)C4(C)C)cc3)CC2)C(C)(C)C)cc1. The molecule has 3 fully saturated rings. The number of aromatic nitrogens is 1. The summed E-state index contributed by atoms with van der Waals surface area (Å²) in [6, 6.07) is 20.4. The molecule has 4 amide bonds. The normalized spacial score (nSPS) is 22.1. The Hall–Kier alpha value is -5.57. The number of nitriles is 1. The Morgan fingerprint density at radius 3 is 2.21 bits per heavy atom. The molecule has 3 heterocycles. The maximum Gasteiger partial charge on any atom is 0.251 e. The topological polar surface area (TPSA) is 189 Å². The molecule has 0 bridgehead atoms. The van der Waals surface area contributed by atoms with Crippen LogP contribution in [-0.2, 0) is 19.1 Å². The van der Waals surface area contributed by atoms with Crippen LogP contribution in [0.15, 0.2) is 72.2 Å². The number of aliphatic hydroxyl groups excluding tert-OH is 1. The number of nitrogens with zero attached hydrogens (tertiary/aromatic N) is 5. The molecule has 4 N–H and O–H groups in total. The van der Waals surface area contributed by atoms with Gasteiger partial charge in [0.2, 0.25) is 17.7 Å². The average Bonchev–Trinajstić information content (AvgIpc) is 3.95. The van der Waals surface area contributed by atoms with Gasteiger partial charge in [-0.1, -0.05) is 84.3 Å². The number of likely N-dealkylation sites (tertiary alicyclic amines) is 1. The molecule has 2 unspecified atom stereocenters. The molecule has 0 spiro atoms. The minimum Gasteiger partial charge on any atom is -0.489 e. The molecule has 2 saturated heterocycles. The molecule has 3 aromatic carbocycles. The van der Waals surface area contributed by atoms with E-state index < -0.39 is 35.4 Å². The highest BCUT2D eigenvalue weighted by molar-refractivity contribution is 7.13. The maximum atomic E-state index is 14.2. The lowest BCUT2D eigenvalue weighted by Gasteiger charge is -2.63. The predicted octanol–water partition coefficient (Wildman–Crippen LogP) is 7.15. The van der Waals surface area contributed by atoms with Gasteiger partial charge in [-0.2, -0.15) is 5.26 Å². The summed E-state index contributed by atoms with van der Waals surface area (Å²) in [6.45, 7) is 23.1. The van der Waals surface area contributed by atoms with Crippen molar-refractivity contribution in [2.24, 2.45) is 16.2 Å². The molecule has 1 aliphatic carbocycles. The van der Waals surface area contributed by atoms with Crippen LogP contribution in [-0.4, -0.2) is 126 Å². The van der Waals surface area contributed by atoms with E-state index >= 15 is 0 Å². The van der Waals surface area contributed by atoms with Gasteiger partial charge in [0.25, 0.3) is 5.91 Å². The van der Waals surface area contributed by atoms with Crippen molar-refractivity contribution >= 4 is 52.3 Å². The predicted molar refractivity (Wildman–Crippen MR) is 276 cm³/mol. The van der Waals surface area contributed by atoms with Crippen molar-refractivity contribution in [2.75, 3.05) is 50.8 Å². The van der Waals surface area contributed by atoms with E-state index in [0.717, 1.165) is 53.6 Å². The highest BCUT2D eigenvalue weighted by Gasteiger charge is 2.64. The number of anilines is 1. The quantitative estimate of drug-likeness (QED) is 0.0892. The summed E-state index contributed by atoms with van der Waals surface area (Å²) in [5.74, 6) is -0.811. The molecule has 15 nitrogen and oxygen atoms in total. The van der Waals surface area contributed by atoms with Gasteiger partial charge in [0, 0.05) is 79.9 Å². The van der Waals surface area contributed by atoms with Gasteiger partial charge in [-0.15, -0.1) is 11.3 Å². The summed E-state index contributed by atoms with van der Waals surface area (Å²) in [6.07, 6.45) is -1.27. The monoisotopic (exact) mass is 1010 g/mol. The Balaban J connectivity index is 0.846. The van der Waals surface area contributed by atoms with Crippen molar-refractivity contribution in [1.29, 1.82) is 5.26 Å². The van der Waals surface area contributed by atoms with Crippen molar-refractivity contribution < 1.29 is 33.8 Å². The van der Waals surface area contributed by atoms with Gasteiger partial charge in [0.15, 0.2) is 0 Å². The van der Waals surface area contributed by atoms with E-state index in [1.165, 1.54) is 4.90 Å². The number of benzene rings is 3. The molecule has 17 heteroatoms. The molecular formula is C54H69ClN8O7S. The van der Waals surface area contributed by atoms with E-state index in [2.05, 4.69) is 64.5 Å². The number of hydrogen-bond donors (Lipinski definition) is 4. The number of hydrogen-bond acceptors (Lipinski definition) is 12. The zero-order valence-corrected chi connectivity index (χ0v) is 44.1. The summed E-state index contributed by atoms with van der Waals surface area (Å²) in [5, 5.41) is 29.5. The fraction of sp³-hybridized carbons (Fsp3) is 0.519. The Kier molecular flexibility index (Phi) is 16.2. The summed E-state index contributed by atoms with van der Waals surface area (Å²) in [5.41, 5.74) is 5.24. The van der Waals surface area contributed by atoms with E-state index in [0.29, 0.717) is 28.4 Å². The van der Waals surface area contributed by atoms with Crippen molar-refractivity contribution in [3.05, 3.63) is 99.6 Å². The van der Waals surface area contributed by atoms with Crippen LogP contribution in [0.1, 0.15) is 102 Å². The van der Waals surface area contributed by atoms with Crippen molar-refractivity contribution in [2.45, 2.75) is 118 Å². The van der Waals surface area contributed by atoms with Crippen LogP contribution in [0.5, 0.6) is 5.75 Å². The molecule has 1 saturated carbocycles. The second-order valence-electron chi connectivity index (χ2n) is 21.6. The first-order valence-electron chi connectivity index (χ1n) is 24.4. The zero-order chi connectivity index (χ0) is 51.6. The number of carbonyl (C=O) groups is 4. The lowest BCUT2D eigenvalue weighted by Crippen LogP contribution is -2.74. The van der Waals surface area contributed by atoms with Crippen LogP contribution in [0, 0.1) is 34.5 Å². The fourth-order valence-corrected chi connectivity index (χ4v) is 11.7. The largest absolute Gasteiger partial charge is 0.489 e. The highest BCUT2D eigenvalue weighted by atomic mass is 35.5. The number of halogens is 1. The van der Waals surface area contributed by atoms with Gasteiger partial charge in [0.1, 0.15) is 36.6 Å². The first-order valence-corrected chi connectivity index (χ1v) is 25.7. The second kappa shape index (κ2) is 21.6. The molecular weight excluding hydrogens is 940 g/mol. The first kappa shape index (κ1) is 53.2. The van der Waals surface area contributed by atoms with Gasteiger partial charge >= 0.3 is 0 Å². The number of nitrogens with one attached hydrogen (secondary N) is 3. The molecule has 4 aromatic rings. The molecule has 71 heavy (non-hydrogen) atoms. The molecule has 1 aromatic heterocycles. The molecule has 2 aliphatic heterocycles. The minimum atomic E-state index is -0.969. The summed E-state index contributed by atoms with van der Waals surface area (Å²) in [4.78, 5) is 66.3. The van der Waals surface area contributed by atoms with Gasteiger partial charge in [-0.05, 0) is 73.7 Å². The van der Waals surface area contributed by atoms with Crippen molar-refractivity contribution in [3.8, 4) is 22.3 Å². The number of β-amino-alcohol motifs (C(OH)–C–C–N with tert-alkyl or cyclic N) is 1. The van der Waals surface area contributed by atoms with E-state index in [1.54, 1.807) is 29.5 Å². The molecule has 3 aliphatic rings. The number of carbonyl (C=O) groups excluding carboxylic acids is 4. The van der Waals surface area contributed by atoms with E-state index in [-0.39, 0.29) is 66.5 Å². The van der Waals surface area contributed by atoms with Crippen LogP contribution < -0.4 is 25.6 Å². The number of amides is 4. The Bertz CT molecular complexity index is 2580. The van der Waals surface area contributed by atoms with E-state index in [9.17, 15) is 29.5 Å². The number of aliphatic hydroxyl groups is 1. The maximum absolute atomic E-state index is 14.2. The van der Waals surface area contributed by atoms with E-state index in [4.69, 9.17) is 21.1 Å². The summed E-state index contributed by atoms with van der Waals surface area (Å²) < 4.78 is 12.4. The standard InChI is InChI=1S/C54H69ClN8O7S/c1-32(28-61-21-23-62(24-22-61)39-18-15-37(16-19-39)47(66)60-50-53(7,8)51(54(50,9)10)70-41-20-17-38(27-56)42(55)26-41)69-30-44(65)59-46(52(4,5)6)49(68)63-29-40(64)25-43(63)48(67)58-33(2)35-11-13-36(14-12-35)45-34(3)57-31-71-45/h11-20,26,31-33,40,43,46,50-51,64H,21-25,28-30H2,1-10H3,(H,58,67)(H,59,65)(H,60,66)/t32?,33?,40-,43+,46-,50?,51?/m1/s1. The Morgan fingerprint density at radius 2 is 1.62 bits per heavy atom. The van der Waals surface area contributed by atoms with Gasteiger partial charge in [-0.25, -0.2) is 4.98 Å². The van der Waals surface area contributed by atoms with Crippen LogP contribution in [0.4, 0.5) is 5.69 Å². The van der Waals surface area contributed by atoms with Gasteiger partial charge < -0.3 is 40.3 Å². The van der Waals surface area contributed by atoms with Crippen LogP contribution in [0.2, 0.25) is 5.02 Å². The molecule has 380 valence electrons.